The molecule has 2 rings (SSSR count). The van der Waals surface area contributed by atoms with E-state index < -0.39 is 0 Å². The fraction of sp³-hybridized carbons (Fsp3) is 0.500. The lowest BCUT2D eigenvalue weighted by atomic mass is 10.0. The molecule has 1 fully saturated rings. The maximum atomic E-state index is 12.4. The van der Waals surface area contributed by atoms with E-state index in [1.165, 1.54) is 12.4 Å². The Bertz CT molecular complexity index is 266. The fourth-order valence-electron chi connectivity index (χ4n) is 1.40. The Labute approximate surface area is 70.3 Å². The van der Waals surface area contributed by atoms with Gasteiger partial charge in [0, 0.05) is 19.0 Å². The van der Waals surface area contributed by atoms with Crippen molar-refractivity contribution in [1.29, 1.82) is 0 Å². The molecule has 0 spiro atoms. The number of aromatic nitrogens is 2. The van der Waals surface area contributed by atoms with Crippen molar-refractivity contribution in [1.82, 2.24) is 14.9 Å². The summed E-state index contributed by atoms with van der Waals surface area (Å²) in [6, 6.07) is 0. The van der Waals surface area contributed by atoms with Crippen molar-refractivity contribution in [2.45, 2.75) is 5.92 Å². The van der Waals surface area contributed by atoms with Crippen molar-refractivity contribution < 1.29 is 4.39 Å². The van der Waals surface area contributed by atoms with E-state index in [4.69, 9.17) is 0 Å². The Kier molecular flexibility index (Phi) is 1.77. The highest BCUT2D eigenvalue weighted by Gasteiger charge is 2.26. The molecule has 0 N–H and O–H groups in total. The van der Waals surface area contributed by atoms with E-state index in [0.717, 1.165) is 18.9 Å². The van der Waals surface area contributed by atoms with Crippen LogP contribution >= 0.6 is 0 Å². The molecule has 0 saturated carbocycles. The predicted octanol–water partition coefficient (Wildman–Crippen LogP) is 0.645. The second-order valence-corrected chi connectivity index (χ2v) is 3.18. The van der Waals surface area contributed by atoms with Gasteiger partial charge in [-0.05, 0) is 7.05 Å². The van der Waals surface area contributed by atoms with Gasteiger partial charge in [0.2, 0.25) is 0 Å². The van der Waals surface area contributed by atoms with E-state index >= 15 is 0 Å². The lowest BCUT2D eigenvalue weighted by Gasteiger charge is -2.34. The lowest BCUT2D eigenvalue weighted by Crippen LogP contribution is -2.42. The zero-order valence-corrected chi connectivity index (χ0v) is 6.87. The zero-order valence-electron chi connectivity index (χ0n) is 6.87. The minimum Gasteiger partial charge on any atom is -0.305 e. The molecule has 1 aromatic heterocycles. The van der Waals surface area contributed by atoms with E-state index in [2.05, 4.69) is 14.9 Å². The second kappa shape index (κ2) is 2.79. The van der Waals surface area contributed by atoms with Crippen LogP contribution in [0.5, 0.6) is 0 Å². The van der Waals surface area contributed by atoms with Crippen molar-refractivity contribution in [2.75, 3.05) is 20.1 Å². The van der Waals surface area contributed by atoms with Crippen LogP contribution in [-0.4, -0.2) is 35.0 Å². The molecule has 1 aliphatic heterocycles. The van der Waals surface area contributed by atoms with Gasteiger partial charge in [-0.3, -0.25) is 0 Å². The molecule has 64 valence electrons. The lowest BCUT2D eigenvalue weighted by molar-refractivity contribution is 0.183. The Morgan fingerprint density at radius 2 is 2.00 bits per heavy atom. The molecule has 0 unspecified atom stereocenters. The number of hydrogen-bond donors (Lipinski definition) is 0. The van der Waals surface area contributed by atoms with Gasteiger partial charge in [0.25, 0.3) is 0 Å². The third-order valence-corrected chi connectivity index (χ3v) is 2.07. The average Bonchev–Trinajstić information content (AvgIpc) is 2.01. The predicted molar refractivity (Wildman–Crippen MR) is 42.2 cm³/mol. The van der Waals surface area contributed by atoms with Gasteiger partial charge >= 0.3 is 0 Å². The normalized spacial score (nSPS) is 19.2. The van der Waals surface area contributed by atoms with Crippen LogP contribution in [0.4, 0.5) is 4.39 Å². The van der Waals surface area contributed by atoms with Gasteiger partial charge in [0.05, 0.1) is 12.4 Å². The molecule has 0 aromatic carbocycles. The summed E-state index contributed by atoms with van der Waals surface area (Å²) in [5.74, 6) is 0.788. The summed E-state index contributed by atoms with van der Waals surface area (Å²) in [5.41, 5.74) is 0. The first-order valence-electron chi connectivity index (χ1n) is 3.91. The summed E-state index contributed by atoms with van der Waals surface area (Å²) in [6.07, 6.45) is 2.45. The Morgan fingerprint density at radius 3 is 2.50 bits per heavy atom. The quantitative estimate of drug-likeness (QED) is 0.614. The highest BCUT2D eigenvalue weighted by atomic mass is 19.1. The van der Waals surface area contributed by atoms with Crippen LogP contribution in [0.25, 0.3) is 0 Å². The minimum absolute atomic E-state index is 0.369. The third-order valence-electron chi connectivity index (χ3n) is 2.07. The minimum atomic E-state index is -0.369. The summed E-state index contributed by atoms with van der Waals surface area (Å²) < 4.78 is 12.4. The number of halogens is 1. The molecule has 1 aromatic rings. The van der Waals surface area contributed by atoms with Gasteiger partial charge in [-0.25, -0.2) is 14.4 Å². The van der Waals surface area contributed by atoms with E-state index in [-0.39, 0.29) is 5.82 Å². The maximum absolute atomic E-state index is 12.4. The van der Waals surface area contributed by atoms with E-state index in [9.17, 15) is 4.39 Å². The van der Waals surface area contributed by atoms with Crippen LogP contribution in [0, 0.1) is 5.82 Å². The monoisotopic (exact) mass is 167 g/mol. The smallest absolute Gasteiger partial charge is 0.159 e. The van der Waals surface area contributed by atoms with Crippen LogP contribution in [0.15, 0.2) is 12.4 Å². The van der Waals surface area contributed by atoms with Crippen LogP contribution in [0.1, 0.15) is 11.7 Å². The van der Waals surface area contributed by atoms with E-state index in [1.54, 1.807) is 0 Å². The number of likely N-dealkylation sites (tertiary alicyclic amines) is 1. The molecule has 3 nitrogen and oxygen atoms in total. The standard InChI is InChI=1S/C8H10FN3/c1-12-4-6(5-12)8-10-2-7(9)3-11-8/h2-3,6H,4-5H2,1H3. The number of likely N-dealkylation sites (N-methyl/N-ethyl adjacent to an activating group) is 1. The van der Waals surface area contributed by atoms with Crippen LogP contribution in [-0.2, 0) is 0 Å². The zero-order chi connectivity index (χ0) is 8.55. The maximum Gasteiger partial charge on any atom is 0.159 e. The highest BCUT2D eigenvalue weighted by molar-refractivity contribution is 5.04. The first-order valence-corrected chi connectivity index (χ1v) is 3.91. The first-order chi connectivity index (χ1) is 5.75. The molecule has 1 aliphatic rings. The molecule has 1 saturated heterocycles. The van der Waals surface area contributed by atoms with Crippen molar-refractivity contribution in [2.24, 2.45) is 0 Å². The van der Waals surface area contributed by atoms with Gasteiger partial charge in [-0.2, -0.15) is 0 Å². The number of rotatable bonds is 1. The van der Waals surface area contributed by atoms with E-state index in [1.807, 2.05) is 7.05 Å². The molecule has 0 amide bonds. The highest BCUT2D eigenvalue weighted by Crippen LogP contribution is 2.21. The largest absolute Gasteiger partial charge is 0.305 e. The van der Waals surface area contributed by atoms with Crippen molar-refractivity contribution >= 4 is 0 Å². The fourth-order valence-corrected chi connectivity index (χ4v) is 1.40. The molecule has 0 atom stereocenters. The molecule has 0 bridgehead atoms. The van der Waals surface area contributed by atoms with Gasteiger partial charge in [-0.1, -0.05) is 0 Å². The number of nitrogens with zero attached hydrogens (tertiary/aromatic N) is 3. The van der Waals surface area contributed by atoms with Gasteiger partial charge in [-0.15, -0.1) is 0 Å². The molecular formula is C8H10FN3. The van der Waals surface area contributed by atoms with Gasteiger partial charge < -0.3 is 4.90 Å². The third kappa shape index (κ3) is 1.30. The Hall–Kier alpha value is -1.03. The molecule has 12 heavy (non-hydrogen) atoms. The van der Waals surface area contributed by atoms with Crippen LogP contribution in [0.3, 0.4) is 0 Å². The van der Waals surface area contributed by atoms with Gasteiger partial charge in [0.1, 0.15) is 5.82 Å². The topological polar surface area (TPSA) is 29.0 Å². The molecular weight excluding hydrogens is 157 g/mol. The van der Waals surface area contributed by atoms with Crippen molar-refractivity contribution in [3.8, 4) is 0 Å². The summed E-state index contributed by atoms with van der Waals surface area (Å²) >= 11 is 0. The average molecular weight is 167 g/mol. The summed E-state index contributed by atoms with van der Waals surface area (Å²) in [4.78, 5) is 10.0. The molecule has 0 radical (unpaired) electrons. The van der Waals surface area contributed by atoms with E-state index in [0.29, 0.717) is 5.92 Å². The molecule has 0 aliphatic carbocycles. The first kappa shape index (κ1) is 7.61. The summed E-state index contributed by atoms with van der Waals surface area (Å²) in [7, 11) is 2.04. The Balaban J connectivity index is 2.09. The Morgan fingerprint density at radius 1 is 1.42 bits per heavy atom. The van der Waals surface area contributed by atoms with Crippen molar-refractivity contribution in [3.05, 3.63) is 24.0 Å². The SMILES string of the molecule is CN1CC(c2ncc(F)cn2)C1. The molecule has 2 heterocycles. The number of hydrogen-bond acceptors (Lipinski definition) is 3. The summed E-state index contributed by atoms with van der Waals surface area (Å²) in [6.45, 7) is 1.96. The van der Waals surface area contributed by atoms with Gasteiger partial charge in [0.15, 0.2) is 5.82 Å². The summed E-state index contributed by atoms with van der Waals surface area (Å²) in [5, 5.41) is 0. The van der Waals surface area contributed by atoms with Crippen LogP contribution in [0.2, 0.25) is 0 Å². The van der Waals surface area contributed by atoms with Crippen LogP contribution < -0.4 is 0 Å². The van der Waals surface area contributed by atoms with Crippen molar-refractivity contribution in [3.63, 3.8) is 0 Å². The second-order valence-electron chi connectivity index (χ2n) is 3.18. The molecule has 4 heteroatoms.